The first-order valence-electron chi connectivity index (χ1n) is 9.89. The summed E-state index contributed by atoms with van der Waals surface area (Å²) < 4.78 is 10.9. The maximum Gasteiger partial charge on any atom is 0.188 e. The molecular formula is C22H34O4. The Kier molecular flexibility index (Phi) is 5.40. The number of aryl methyl sites for hydroxylation is 1. The molecule has 0 unspecified atom stereocenters. The van der Waals surface area contributed by atoms with Crippen molar-refractivity contribution >= 4 is 0 Å². The van der Waals surface area contributed by atoms with Gasteiger partial charge in [0.05, 0.1) is 5.60 Å². The minimum Gasteiger partial charge on any atom is -0.467 e. The lowest BCUT2D eigenvalue weighted by Gasteiger charge is -2.50. The van der Waals surface area contributed by atoms with Crippen molar-refractivity contribution in [3.05, 3.63) is 28.8 Å². The summed E-state index contributed by atoms with van der Waals surface area (Å²) in [5.74, 6) is 1.16. The van der Waals surface area contributed by atoms with E-state index in [-0.39, 0.29) is 18.1 Å². The Labute approximate surface area is 157 Å². The van der Waals surface area contributed by atoms with Crippen molar-refractivity contribution in [2.75, 3.05) is 13.9 Å². The molecular weight excluding hydrogens is 328 g/mol. The van der Waals surface area contributed by atoms with E-state index in [9.17, 15) is 10.2 Å². The maximum atomic E-state index is 11.6. The lowest BCUT2D eigenvalue weighted by Crippen LogP contribution is -2.52. The first-order chi connectivity index (χ1) is 12.2. The van der Waals surface area contributed by atoms with Crippen LogP contribution in [0.15, 0.2) is 12.1 Å². The minimum atomic E-state index is -1.06. The summed E-state index contributed by atoms with van der Waals surface area (Å²) in [6, 6.07) is 4.11. The predicted molar refractivity (Wildman–Crippen MR) is 102 cm³/mol. The number of aliphatic hydroxyl groups excluding tert-OH is 1. The molecule has 0 aromatic heterocycles. The van der Waals surface area contributed by atoms with Gasteiger partial charge in [-0.3, -0.25) is 0 Å². The molecule has 0 heterocycles. The molecule has 2 N–H and O–H groups in total. The zero-order chi connectivity index (χ0) is 19.1. The molecule has 146 valence electrons. The van der Waals surface area contributed by atoms with E-state index in [4.69, 9.17) is 9.47 Å². The monoisotopic (exact) mass is 362 g/mol. The standard InChI is InChI=1S/C22H34O4/c1-14(2)16-11-15-7-8-19-21(3,4)9-6-10-22(19,24)20(23)17(15)12-18(16)26-13-25-5/h11-12,14,19-20,23-24H,6-10,13H2,1-5H3/t19-,20-,22+/m0/s1. The fourth-order valence-corrected chi connectivity index (χ4v) is 5.22. The van der Waals surface area contributed by atoms with Crippen molar-refractivity contribution in [2.45, 2.75) is 77.4 Å². The lowest BCUT2D eigenvalue weighted by molar-refractivity contribution is -0.169. The quantitative estimate of drug-likeness (QED) is 0.783. The van der Waals surface area contributed by atoms with Crippen molar-refractivity contribution in [2.24, 2.45) is 11.3 Å². The van der Waals surface area contributed by atoms with Gasteiger partial charge in [-0.1, -0.05) is 33.8 Å². The molecule has 0 aliphatic heterocycles. The molecule has 2 aliphatic carbocycles. The number of benzene rings is 1. The van der Waals surface area contributed by atoms with Crippen LogP contribution in [0.3, 0.4) is 0 Å². The van der Waals surface area contributed by atoms with Gasteiger partial charge in [0, 0.05) is 7.11 Å². The van der Waals surface area contributed by atoms with Crippen molar-refractivity contribution < 1.29 is 19.7 Å². The van der Waals surface area contributed by atoms with Crippen molar-refractivity contribution in [3.63, 3.8) is 0 Å². The zero-order valence-corrected chi connectivity index (χ0v) is 16.8. The largest absolute Gasteiger partial charge is 0.467 e. The number of hydrogen-bond donors (Lipinski definition) is 2. The second-order valence-electron chi connectivity index (χ2n) is 9.12. The summed E-state index contributed by atoms with van der Waals surface area (Å²) in [6.45, 7) is 8.93. The average Bonchev–Trinajstić information content (AvgIpc) is 2.68. The van der Waals surface area contributed by atoms with Crippen molar-refractivity contribution in [1.82, 2.24) is 0 Å². The Morgan fingerprint density at radius 1 is 1.23 bits per heavy atom. The topological polar surface area (TPSA) is 58.9 Å². The predicted octanol–water partition coefficient (Wildman–Crippen LogP) is 4.33. The minimum absolute atomic E-state index is 0.0340. The highest BCUT2D eigenvalue weighted by Crippen LogP contribution is 2.55. The number of rotatable bonds is 4. The first-order valence-corrected chi connectivity index (χ1v) is 9.89. The normalized spacial score (nSPS) is 30.5. The van der Waals surface area contributed by atoms with Crippen molar-refractivity contribution in [3.8, 4) is 5.75 Å². The summed E-state index contributed by atoms with van der Waals surface area (Å²) in [6.07, 6.45) is 3.61. The smallest absolute Gasteiger partial charge is 0.188 e. The van der Waals surface area contributed by atoms with Gasteiger partial charge in [0.2, 0.25) is 0 Å². The summed E-state index contributed by atoms with van der Waals surface area (Å²) in [5, 5.41) is 22.8. The molecule has 0 saturated heterocycles. The van der Waals surface area contributed by atoms with Gasteiger partial charge in [-0.15, -0.1) is 0 Å². The summed E-state index contributed by atoms with van der Waals surface area (Å²) in [5.41, 5.74) is 2.06. The molecule has 4 heteroatoms. The van der Waals surface area contributed by atoms with Crippen LogP contribution in [0.25, 0.3) is 0 Å². The Morgan fingerprint density at radius 2 is 1.96 bits per heavy atom. The van der Waals surface area contributed by atoms with Gasteiger partial charge in [-0.25, -0.2) is 0 Å². The van der Waals surface area contributed by atoms with Gasteiger partial charge in [0.15, 0.2) is 6.79 Å². The lowest BCUT2D eigenvalue weighted by atomic mass is 9.58. The van der Waals surface area contributed by atoms with Gasteiger partial charge in [-0.05, 0) is 72.1 Å². The second-order valence-corrected chi connectivity index (χ2v) is 9.12. The molecule has 4 nitrogen and oxygen atoms in total. The van der Waals surface area contributed by atoms with Crippen LogP contribution in [0.5, 0.6) is 5.75 Å². The highest BCUT2D eigenvalue weighted by atomic mass is 16.7. The average molecular weight is 363 g/mol. The molecule has 3 rings (SSSR count). The van der Waals surface area contributed by atoms with E-state index < -0.39 is 11.7 Å². The Bertz CT molecular complexity index is 652. The van der Waals surface area contributed by atoms with Gasteiger partial charge >= 0.3 is 0 Å². The molecule has 26 heavy (non-hydrogen) atoms. The number of methoxy groups -OCH3 is 1. The fourth-order valence-electron chi connectivity index (χ4n) is 5.22. The van der Waals surface area contributed by atoms with Gasteiger partial charge < -0.3 is 19.7 Å². The van der Waals surface area contributed by atoms with E-state index >= 15 is 0 Å². The number of aliphatic hydroxyl groups is 2. The van der Waals surface area contributed by atoms with Crippen LogP contribution in [-0.4, -0.2) is 29.7 Å². The molecule has 1 aromatic rings. The van der Waals surface area contributed by atoms with Crippen LogP contribution < -0.4 is 4.74 Å². The third-order valence-corrected chi connectivity index (χ3v) is 6.64. The fraction of sp³-hybridized carbons (Fsp3) is 0.727. The highest BCUT2D eigenvalue weighted by molar-refractivity contribution is 5.47. The maximum absolute atomic E-state index is 11.6. The van der Waals surface area contributed by atoms with Gasteiger partial charge in [-0.2, -0.15) is 0 Å². The van der Waals surface area contributed by atoms with E-state index in [2.05, 4.69) is 33.8 Å². The SMILES string of the molecule is COCOc1cc2c(cc1C(C)C)CC[C@H]1C(C)(C)CCC[C@]1(O)[C@H]2O. The molecule has 1 aromatic carbocycles. The second kappa shape index (κ2) is 7.14. The van der Waals surface area contributed by atoms with Crippen LogP contribution in [-0.2, 0) is 11.2 Å². The third-order valence-electron chi connectivity index (χ3n) is 6.64. The molecule has 0 bridgehead atoms. The van der Waals surface area contributed by atoms with Crippen LogP contribution in [0.2, 0.25) is 0 Å². The van der Waals surface area contributed by atoms with Crippen LogP contribution in [0, 0.1) is 11.3 Å². The Morgan fingerprint density at radius 3 is 2.62 bits per heavy atom. The van der Waals surface area contributed by atoms with E-state index in [1.165, 1.54) is 0 Å². The molecule has 0 radical (unpaired) electrons. The Hall–Kier alpha value is -1.10. The molecule has 0 amide bonds. The molecule has 3 atom stereocenters. The van der Waals surface area contributed by atoms with E-state index in [1.807, 2.05) is 6.07 Å². The van der Waals surface area contributed by atoms with E-state index in [0.717, 1.165) is 48.1 Å². The van der Waals surface area contributed by atoms with E-state index in [1.54, 1.807) is 7.11 Å². The van der Waals surface area contributed by atoms with Gasteiger partial charge in [0.1, 0.15) is 11.9 Å². The van der Waals surface area contributed by atoms with Crippen LogP contribution in [0.4, 0.5) is 0 Å². The Balaban J connectivity index is 2.07. The molecule has 1 saturated carbocycles. The summed E-state index contributed by atoms with van der Waals surface area (Å²) in [4.78, 5) is 0. The first kappa shape index (κ1) is 19.7. The molecule has 2 aliphatic rings. The highest BCUT2D eigenvalue weighted by Gasteiger charge is 2.53. The third kappa shape index (κ3) is 3.28. The zero-order valence-electron chi connectivity index (χ0n) is 16.8. The number of ether oxygens (including phenoxy) is 2. The summed E-state index contributed by atoms with van der Waals surface area (Å²) >= 11 is 0. The number of fused-ring (bicyclic) bond motifs is 2. The van der Waals surface area contributed by atoms with Crippen LogP contribution in [0.1, 0.15) is 82.1 Å². The van der Waals surface area contributed by atoms with E-state index in [0.29, 0.717) is 12.3 Å². The number of hydrogen-bond acceptors (Lipinski definition) is 4. The van der Waals surface area contributed by atoms with Crippen molar-refractivity contribution in [1.29, 1.82) is 0 Å². The van der Waals surface area contributed by atoms with Crippen LogP contribution >= 0.6 is 0 Å². The molecule has 0 spiro atoms. The van der Waals surface area contributed by atoms with Gasteiger partial charge in [0.25, 0.3) is 0 Å². The summed E-state index contributed by atoms with van der Waals surface area (Å²) in [7, 11) is 1.60. The molecule has 1 fully saturated rings.